The summed E-state index contributed by atoms with van der Waals surface area (Å²) >= 11 is 2.25. The Labute approximate surface area is 125 Å². The second kappa shape index (κ2) is 6.60. The van der Waals surface area contributed by atoms with Gasteiger partial charge in [0.1, 0.15) is 6.33 Å². The largest absolute Gasteiger partial charge is 0.326 e. The number of aromatic nitrogens is 2. The van der Waals surface area contributed by atoms with Gasteiger partial charge in [-0.05, 0) is 65.3 Å². The maximum absolute atomic E-state index is 11.9. The van der Waals surface area contributed by atoms with Crippen molar-refractivity contribution in [2.45, 2.75) is 19.8 Å². The number of amides is 1. The van der Waals surface area contributed by atoms with Gasteiger partial charge in [0.25, 0.3) is 0 Å². The summed E-state index contributed by atoms with van der Waals surface area (Å²) in [6, 6.07) is 5.95. The lowest BCUT2D eigenvalue weighted by Crippen LogP contribution is -2.13. The Morgan fingerprint density at radius 3 is 2.74 bits per heavy atom. The third-order valence-corrected chi connectivity index (χ3v) is 3.39. The van der Waals surface area contributed by atoms with E-state index in [1.165, 1.54) is 6.33 Å². The van der Waals surface area contributed by atoms with Crippen LogP contribution in [0.1, 0.15) is 17.5 Å². The molecule has 98 valence electrons. The van der Waals surface area contributed by atoms with E-state index in [2.05, 4.69) is 37.9 Å². The van der Waals surface area contributed by atoms with Crippen LogP contribution in [0.4, 0.5) is 5.69 Å². The minimum atomic E-state index is 0.00756. The molecule has 1 N–H and O–H groups in total. The molecule has 0 bridgehead atoms. The zero-order valence-corrected chi connectivity index (χ0v) is 12.7. The van der Waals surface area contributed by atoms with Gasteiger partial charge in [-0.3, -0.25) is 4.79 Å². The molecule has 0 saturated heterocycles. The lowest BCUT2D eigenvalue weighted by Gasteiger charge is -2.08. The summed E-state index contributed by atoms with van der Waals surface area (Å²) in [4.78, 5) is 19.7. The van der Waals surface area contributed by atoms with Gasteiger partial charge >= 0.3 is 0 Å². The molecule has 1 aromatic heterocycles. The van der Waals surface area contributed by atoms with Crippen LogP contribution in [0, 0.1) is 10.5 Å². The summed E-state index contributed by atoms with van der Waals surface area (Å²) in [6.45, 7) is 1.99. The lowest BCUT2D eigenvalue weighted by molar-refractivity contribution is -0.116. The van der Waals surface area contributed by atoms with E-state index in [1.54, 1.807) is 12.4 Å². The highest BCUT2D eigenvalue weighted by Crippen LogP contribution is 2.18. The van der Waals surface area contributed by atoms with Crippen LogP contribution in [0.3, 0.4) is 0 Å². The number of halogens is 1. The number of hydrogen-bond acceptors (Lipinski definition) is 3. The number of hydrogen-bond donors (Lipinski definition) is 1. The molecule has 0 spiro atoms. The van der Waals surface area contributed by atoms with E-state index >= 15 is 0 Å². The highest BCUT2D eigenvalue weighted by molar-refractivity contribution is 14.1. The van der Waals surface area contributed by atoms with Crippen LogP contribution in [0.25, 0.3) is 0 Å². The predicted octanol–water partition coefficient (Wildman–Crippen LogP) is 2.96. The van der Waals surface area contributed by atoms with Gasteiger partial charge < -0.3 is 5.32 Å². The Morgan fingerprint density at radius 2 is 2.05 bits per heavy atom. The molecule has 0 atom stereocenters. The van der Waals surface area contributed by atoms with Gasteiger partial charge in [-0.2, -0.15) is 0 Å². The van der Waals surface area contributed by atoms with Crippen molar-refractivity contribution < 1.29 is 4.79 Å². The zero-order chi connectivity index (χ0) is 13.7. The lowest BCUT2D eigenvalue weighted by atomic mass is 10.1. The first-order valence-electron chi connectivity index (χ1n) is 5.95. The van der Waals surface area contributed by atoms with Crippen LogP contribution in [0.2, 0.25) is 0 Å². The number of anilines is 1. The van der Waals surface area contributed by atoms with E-state index < -0.39 is 0 Å². The van der Waals surface area contributed by atoms with Crippen molar-refractivity contribution in [3.8, 4) is 0 Å². The molecule has 1 amide bonds. The van der Waals surface area contributed by atoms with E-state index in [1.807, 2.05) is 25.1 Å². The third kappa shape index (κ3) is 4.27. The van der Waals surface area contributed by atoms with Crippen molar-refractivity contribution in [1.82, 2.24) is 9.97 Å². The van der Waals surface area contributed by atoms with Crippen molar-refractivity contribution in [3.05, 3.63) is 51.6 Å². The quantitative estimate of drug-likeness (QED) is 0.846. The maximum Gasteiger partial charge on any atom is 0.224 e. The van der Waals surface area contributed by atoms with E-state index in [0.29, 0.717) is 12.8 Å². The number of nitrogens with zero attached hydrogens (tertiary/aromatic N) is 2. The van der Waals surface area contributed by atoms with Gasteiger partial charge in [-0.15, -0.1) is 0 Å². The number of rotatable bonds is 4. The monoisotopic (exact) mass is 367 g/mol. The highest BCUT2D eigenvalue weighted by atomic mass is 127. The summed E-state index contributed by atoms with van der Waals surface area (Å²) in [7, 11) is 0. The van der Waals surface area contributed by atoms with Gasteiger partial charge in [-0.1, -0.05) is 0 Å². The molecule has 0 radical (unpaired) electrons. The highest BCUT2D eigenvalue weighted by Gasteiger charge is 2.05. The van der Waals surface area contributed by atoms with Crippen molar-refractivity contribution in [2.24, 2.45) is 0 Å². The summed E-state index contributed by atoms with van der Waals surface area (Å²) < 4.78 is 1.16. The second-order valence-corrected chi connectivity index (χ2v) is 5.50. The fraction of sp³-hybridized carbons (Fsp3) is 0.214. The average molecular weight is 367 g/mol. The molecular formula is C14H14IN3O. The molecule has 2 aromatic rings. The molecular weight excluding hydrogens is 353 g/mol. The van der Waals surface area contributed by atoms with Crippen LogP contribution in [0.5, 0.6) is 0 Å². The van der Waals surface area contributed by atoms with Crippen LogP contribution < -0.4 is 5.32 Å². The van der Waals surface area contributed by atoms with Crippen LogP contribution >= 0.6 is 22.6 Å². The molecule has 5 heteroatoms. The van der Waals surface area contributed by atoms with Gasteiger partial charge in [0.15, 0.2) is 0 Å². The predicted molar refractivity (Wildman–Crippen MR) is 82.9 cm³/mol. The number of nitrogens with one attached hydrogen (secondary N) is 1. The maximum atomic E-state index is 11.9. The van der Waals surface area contributed by atoms with Crippen molar-refractivity contribution in [1.29, 1.82) is 0 Å². The topological polar surface area (TPSA) is 54.9 Å². The SMILES string of the molecule is Cc1cc(I)ccc1NC(=O)CCc1cncnc1. The van der Waals surface area contributed by atoms with E-state index in [0.717, 1.165) is 20.4 Å². The van der Waals surface area contributed by atoms with Gasteiger partial charge in [0.2, 0.25) is 5.91 Å². The van der Waals surface area contributed by atoms with Gasteiger partial charge in [0.05, 0.1) is 0 Å². The fourth-order valence-electron chi connectivity index (χ4n) is 1.70. The molecule has 4 nitrogen and oxygen atoms in total. The Kier molecular flexibility index (Phi) is 4.84. The number of aryl methyl sites for hydroxylation is 2. The fourth-order valence-corrected chi connectivity index (χ4v) is 2.34. The van der Waals surface area contributed by atoms with E-state index in [-0.39, 0.29) is 5.91 Å². The second-order valence-electron chi connectivity index (χ2n) is 4.25. The van der Waals surface area contributed by atoms with Gasteiger partial charge in [-0.25, -0.2) is 9.97 Å². The van der Waals surface area contributed by atoms with Gasteiger partial charge in [0, 0.05) is 28.1 Å². The van der Waals surface area contributed by atoms with Crippen LogP contribution in [0.15, 0.2) is 36.9 Å². The first-order valence-corrected chi connectivity index (χ1v) is 7.03. The average Bonchev–Trinajstić information content (AvgIpc) is 2.41. The number of benzene rings is 1. The van der Waals surface area contributed by atoms with Crippen molar-refractivity contribution >= 4 is 34.2 Å². The molecule has 1 heterocycles. The first kappa shape index (κ1) is 13.9. The molecule has 0 unspecified atom stereocenters. The molecule has 0 aliphatic carbocycles. The first-order chi connectivity index (χ1) is 9.15. The smallest absolute Gasteiger partial charge is 0.224 e. The van der Waals surface area contributed by atoms with Crippen molar-refractivity contribution in [2.75, 3.05) is 5.32 Å². The van der Waals surface area contributed by atoms with E-state index in [4.69, 9.17) is 0 Å². The van der Waals surface area contributed by atoms with Crippen molar-refractivity contribution in [3.63, 3.8) is 0 Å². The molecule has 0 fully saturated rings. The molecule has 2 rings (SSSR count). The molecule has 1 aromatic carbocycles. The van der Waals surface area contributed by atoms with E-state index in [9.17, 15) is 4.79 Å². The summed E-state index contributed by atoms with van der Waals surface area (Å²) in [5.41, 5.74) is 2.91. The number of carbonyl (C=O) groups excluding carboxylic acids is 1. The molecule has 0 aliphatic rings. The van der Waals surface area contributed by atoms with Crippen LogP contribution in [-0.2, 0) is 11.2 Å². The summed E-state index contributed by atoms with van der Waals surface area (Å²) in [6.07, 6.45) is 6.03. The standard InChI is InChI=1S/C14H14IN3O/c1-10-6-12(15)3-4-13(10)18-14(19)5-2-11-7-16-9-17-8-11/h3-4,6-9H,2,5H2,1H3,(H,18,19). The Morgan fingerprint density at radius 1 is 1.32 bits per heavy atom. The molecule has 0 saturated carbocycles. The Balaban J connectivity index is 1.91. The minimum Gasteiger partial charge on any atom is -0.326 e. The molecule has 0 aliphatic heterocycles. The normalized spacial score (nSPS) is 10.2. The molecule has 19 heavy (non-hydrogen) atoms. The summed E-state index contributed by atoms with van der Waals surface area (Å²) in [5.74, 6) is 0.00756. The summed E-state index contributed by atoms with van der Waals surface area (Å²) in [5, 5.41) is 2.92. The Hall–Kier alpha value is -1.50. The number of carbonyl (C=O) groups is 1. The third-order valence-electron chi connectivity index (χ3n) is 2.72. The zero-order valence-electron chi connectivity index (χ0n) is 10.6. The Bertz CT molecular complexity index is 572. The van der Waals surface area contributed by atoms with Crippen LogP contribution in [-0.4, -0.2) is 15.9 Å². The minimum absolute atomic E-state index is 0.00756.